The van der Waals surface area contributed by atoms with Gasteiger partial charge in [0.05, 0.1) is 10.2 Å². The van der Waals surface area contributed by atoms with Gasteiger partial charge in [-0.1, -0.05) is 35.1 Å². The average Bonchev–Trinajstić information content (AvgIpc) is 3.02. The maximum absolute atomic E-state index is 13.2. The molecule has 0 unspecified atom stereocenters. The lowest BCUT2D eigenvalue weighted by Crippen LogP contribution is -2.33. The molecule has 0 atom stereocenters. The highest BCUT2D eigenvalue weighted by atomic mass is 35.5. The zero-order valence-corrected chi connectivity index (χ0v) is 17.7. The van der Waals surface area contributed by atoms with Crippen LogP contribution in [0.4, 0.5) is 5.13 Å². The predicted octanol–water partition coefficient (Wildman–Crippen LogP) is 5.17. The second-order valence-corrected chi connectivity index (χ2v) is 8.46. The Kier molecular flexibility index (Phi) is 6.15. The molecule has 27 heavy (non-hydrogen) atoms. The van der Waals surface area contributed by atoms with E-state index in [9.17, 15) is 4.79 Å². The predicted molar refractivity (Wildman–Crippen MR) is 115 cm³/mol. The first-order valence-electron chi connectivity index (χ1n) is 8.95. The van der Waals surface area contributed by atoms with Gasteiger partial charge in [-0.15, -0.1) is 0 Å². The molecule has 6 heteroatoms. The van der Waals surface area contributed by atoms with Crippen molar-refractivity contribution in [2.75, 3.05) is 32.1 Å². The Bertz CT molecular complexity index is 967. The first-order chi connectivity index (χ1) is 12.8. The van der Waals surface area contributed by atoms with Gasteiger partial charge in [0.15, 0.2) is 5.13 Å². The third kappa shape index (κ3) is 4.67. The van der Waals surface area contributed by atoms with Gasteiger partial charge in [-0.05, 0) is 76.3 Å². The van der Waals surface area contributed by atoms with Crippen LogP contribution in [0, 0.1) is 13.8 Å². The summed E-state index contributed by atoms with van der Waals surface area (Å²) in [5.41, 5.74) is 3.90. The summed E-state index contributed by atoms with van der Waals surface area (Å²) in [5.74, 6) is -0.0651. The molecule has 0 spiro atoms. The number of aryl methyl sites for hydroxylation is 2. The molecule has 1 aromatic heterocycles. The molecule has 1 amide bonds. The van der Waals surface area contributed by atoms with Crippen LogP contribution in [0.3, 0.4) is 0 Å². The van der Waals surface area contributed by atoms with Gasteiger partial charge in [0.1, 0.15) is 0 Å². The molecular formula is C21H24ClN3OS. The van der Waals surface area contributed by atoms with E-state index in [2.05, 4.69) is 30.9 Å². The van der Waals surface area contributed by atoms with Crippen molar-refractivity contribution in [2.24, 2.45) is 0 Å². The van der Waals surface area contributed by atoms with Crippen LogP contribution in [0.15, 0.2) is 36.4 Å². The fourth-order valence-corrected chi connectivity index (χ4v) is 4.32. The first kappa shape index (κ1) is 19.8. The lowest BCUT2D eigenvalue weighted by Gasteiger charge is -2.21. The number of carbonyl (C=O) groups excluding carboxylic acids is 1. The highest BCUT2D eigenvalue weighted by Crippen LogP contribution is 2.33. The van der Waals surface area contributed by atoms with Crippen molar-refractivity contribution in [3.05, 3.63) is 58.1 Å². The van der Waals surface area contributed by atoms with E-state index in [0.717, 1.165) is 28.3 Å². The molecule has 142 valence electrons. The number of halogens is 1. The van der Waals surface area contributed by atoms with Crippen LogP contribution in [0.25, 0.3) is 10.2 Å². The van der Waals surface area contributed by atoms with Crippen molar-refractivity contribution in [2.45, 2.75) is 20.3 Å². The SMILES string of the molecule is Cc1cc(C)c2sc(N(CCCN(C)C)C(=O)c3cccc(Cl)c3)nc2c1. The molecule has 0 radical (unpaired) electrons. The minimum absolute atomic E-state index is 0.0651. The highest BCUT2D eigenvalue weighted by Gasteiger charge is 2.22. The Morgan fingerprint density at radius 1 is 1.15 bits per heavy atom. The fraction of sp³-hybridized carbons (Fsp3) is 0.333. The number of thiazole rings is 1. The van der Waals surface area contributed by atoms with E-state index in [0.29, 0.717) is 17.1 Å². The van der Waals surface area contributed by atoms with Gasteiger partial charge >= 0.3 is 0 Å². The normalized spacial score (nSPS) is 11.3. The molecule has 4 nitrogen and oxygen atoms in total. The van der Waals surface area contributed by atoms with E-state index < -0.39 is 0 Å². The van der Waals surface area contributed by atoms with Crippen LogP contribution in [-0.4, -0.2) is 43.0 Å². The number of aromatic nitrogens is 1. The first-order valence-corrected chi connectivity index (χ1v) is 10.1. The third-order valence-electron chi connectivity index (χ3n) is 4.34. The van der Waals surface area contributed by atoms with E-state index in [1.54, 1.807) is 40.5 Å². The summed E-state index contributed by atoms with van der Waals surface area (Å²) in [7, 11) is 4.07. The smallest absolute Gasteiger partial charge is 0.260 e. The van der Waals surface area contributed by atoms with E-state index >= 15 is 0 Å². The number of hydrogen-bond donors (Lipinski definition) is 0. The summed E-state index contributed by atoms with van der Waals surface area (Å²) < 4.78 is 1.13. The summed E-state index contributed by atoms with van der Waals surface area (Å²) in [5, 5.41) is 1.30. The number of carbonyl (C=O) groups is 1. The molecule has 0 bridgehead atoms. The van der Waals surface area contributed by atoms with E-state index in [1.165, 1.54) is 11.1 Å². The highest BCUT2D eigenvalue weighted by molar-refractivity contribution is 7.22. The number of hydrogen-bond acceptors (Lipinski definition) is 4. The molecule has 0 N–H and O–H groups in total. The van der Waals surface area contributed by atoms with Crippen LogP contribution in [-0.2, 0) is 0 Å². The average molecular weight is 402 g/mol. The van der Waals surface area contributed by atoms with Crippen LogP contribution < -0.4 is 4.90 Å². The number of benzene rings is 2. The second-order valence-electron chi connectivity index (χ2n) is 7.05. The van der Waals surface area contributed by atoms with Crippen molar-refractivity contribution >= 4 is 44.2 Å². The molecule has 1 heterocycles. The van der Waals surface area contributed by atoms with Gasteiger partial charge in [-0.3, -0.25) is 9.69 Å². The van der Waals surface area contributed by atoms with Crippen molar-refractivity contribution < 1.29 is 4.79 Å². The molecule has 3 aromatic rings. The van der Waals surface area contributed by atoms with Gasteiger partial charge in [-0.2, -0.15) is 0 Å². The van der Waals surface area contributed by atoms with E-state index in [1.807, 2.05) is 14.1 Å². The number of amides is 1. The Labute approximate surface area is 169 Å². The van der Waals surface area contributed by atoms with Crippen molar-refractivity contribution in [1.29, 1.82) is 0 Å². The Balaban J connectivity index is 1.98. The second kappa shape index (κ2) is 8.38. The molecule has 2 aromatic carbocycles. The largest absolute Gasteiger partial charge is 0.309 e. The summed E-state index contributed by atoms with van der Waals surface area (Å²) in [6.45, 7) is 5.67. The molecule has 0 saturated carbocycles. The number of nitrogens with zero attached hydrogens (tertiary/aromatic N) is 3. The Morgan fingerprint density at radius 2 is 1.93 bits per heavy atom. The minimum atomic E-state index is -0.0651. The summed E-state index contributed by atoms with van der Waals surface area (Å²) >= 11 is 7.67. The maximum Gasteiger partial charge on any atom is 0.260 e. The van der Waals surface area contributed by atoms with Crippen molar-refractivity contribution in [1.82, 2.24) is 9.88 Å². The van der Waals surface area contributed by atoms with Crippen LogP contribution in [0.5, 0.6) is 0 Å². The van der Waals surface area contributed by atoms with Crippen molar-refractivity contribution in [3.8, 4) is 0 Å². The van der Waals surface area contributed by atoms with Crippen molar-refractivity contribution in [3.63, 3.8) is 0 Å². The molecule has 0 aliphatic carbocycles. The topological polar surface area (TPSA) is 36.4 Å². The maximum atomic E-state index is 13.2. The van der Waals surface area contributed by atoms with Gasteiger partial charge in [0, 0.05) is 17.1 Å². The molecule has 3 rings (SSSR count). The standard InChI is InChI=1S/C21H24ClN3OS/c1-14-11-15(2)19-18(12-14)23-21(27-19)25(10-6-9-24(3)4)20(26)16-7-5-8-17(22)13-16/h5,7-8,11-13H,6,9-10H2,1-4H3. The molecule has 0 fully saturated rings. The molecule has 0 aliphatic rings. The third-order valence-corrected chi connectivity index (χ3v) is 5.81. The zero-order chi connectivity index (χ0) is 19.6. The van der Waals surface area contributed by atoms with Crippen LogP contribution >= 0.6 is 22.9 Å². The number of rotatable bonds is 6. The zero-order valence-electron chi connectivity index (χ0n) is 16.1. The number of fused-ring (bicyclic) bond motifs is 1. The van der Waals surface area contributed by atoms with Gasteiger partial charge in [0.25, 0.3) is 5.91 Å². The lowest BCUT2D eigenvalue weighted by atomic mass is 10.1. The van der Waals surface area contributed by atoms with E-state index in [4.69, 9.17) is 16.6 Å². The van der Waals surface area contributed by atoms with Gasteiger partial charge in [-0.25, -0.2) is 4.98 Å². The molecule has 0 saturated heterocycles. The summed E-state index contributed by atoms with van der Waals surface area (Å²) in [4.78, 5) is 21.9. The molecular weight excluding hydrogens is 378 g/mol. The Hall–Kier alpha value is -1.95. The lowest BCUT2D eigenvalue weighted by molar-refractivity contribution is 0.0986. The van der Waals surface area contributed by atoms with Gasteiger partial charge in [0.2, 0.25) is 0 Å². The monoisotopic (exact) mass is 401 g/mol. The summed E-state index contributed by atoms with van der Waals surface area (Å²) in [6, 6.07) is 11.3. The number of anilines is 1. The quantitative estimate of drug-likeness (QED) is 0.572. The minimum Gasteiger partial charge on any atom is -0.309 e. The fourth-order valence-electron chi connectivity index (χ4n) is 3.09. The Morgan fingerprint density at radius 3 is 2.63 bits per heavy atom. The van der Waals surface area contributed by atoms with E-state index in [-0.39, 0.29) is 5.91 Å². The van der Waals surface area contributed by atoms with Crippen LogP contribution in [0.1, 0.15) is 27.9 Å². The molecule has 0 aliphatic heterocycles. The van der Waals surface area contributed by atoms with Crippen LogP contribution in [0.2, 0.25) is 5.02 Å². The summed E-state index contributed by atoms with van der Waals surface area (Å²) in [6.07, 6.45) is 0.868. The van der Waals surface area contributed by atoms with Gasteiger partial charge < -0.3 is 4.90 Å².